The highest BCUT2D eigenvalue weighted by molar-refractivity contribution is 5.48. The first-order valence-electron chi connectivity index (χ1n) is 6.90. The van der Waals surface area contributed by atoms with E-state index in [-0.39, 0.29) is 0 Å². The maximum atomic E-state index is 10.4. The molecule has 1 heteroatoms. The standard InChI is InChI=1S/C18H24O/c1-4-7-10-15-13-14-16(11-8-5-2)18(19)17(15)12-9-6-3/h4-9,13-14,19H,10-12H2,1-3H3/b7-4+,8-5+,9-6+. The van der Waals surface area contributed by atoms with E-state index in [9.17, 15) is 5.11 Å². The predicted octanol–water partition coefficient (Wildman–Crippen LogP) is 4.75. The second-order valence-corrected chi connectivity index (χ2v) is 4.53. The molecule has 0 unspecified atom stereocenters. The van der Waals surface area contributed by atoms with E-state index in [1.54, 1.807) is 0 Å². The second-order valence-electron chi connectivity index (χ2n) is 4.53. The molecule has 0 bridgehead atoms. The first kappa shape index (κ1) is 15.3. The summed E-state index contributed by atoms with van der Waals surface area (Å²) < 4.78 is 0. The van der Waals surface area contributed by atoms with Crippen molar-refractivity contribution in [3.63, 3.8) is 0 Å². The highest BCUT2D eigenvalue weighted by Crippen LogP contribution is 2.28. The third kappa shape index (κ3) is 4.44. The Kier molecular flexibility index (Phi) is 6.73. The van der Waals surface area contributed by atoms with E-state index in [4.69, 9.17) is 0 Å². The molecule has 0 saturated carbocycles. The fourth-order valence-corrected chi connectivity index (χ4v) is 2.04. The van der Waals surface area contributed by atoms with Gasteiger partial charge in [-0.05, 0) is 51.2 Å². The number of aromatic hydroxyl groups is 1. The molecule has 0 amide bonds. The van der Waals surface area contributed by atoms with E-state index in [0.29, 0.717) is 5.75 Å². The maximum Gasteiger partial charge on any atom is 0.122 e. The Labute approximate surface area is 117 Å². The summed E-state index contributed by atoms with van der Waals surface area (Å²) in [4.78, 5) is 0. The number of phenolic OH excluding ortho intramolecular Hbond substituents is 1. The minimum Gasteiger partial charge on any atom is -0.507 e. The minimum atomic E-state index is 0.457. The van der Waals surface area contributed by atoms with Crippen LogP contribution in [0.1, 0.15) is 37.5 Å². The first-order valence-corrected chi connectivity index (χ1v) is 6.90. The molecule has 0 saturated heterocycles. The molecule has 0 aliphatic carbocycles. The van der Waals surface area contributed by atoms with Crippen molar-refractivity contribution in [3.05, 3.63) is 65.3 Å². The molecule has 1 aromatic carbocycles. The van der Waals surface area contributed by atoms with Crippen molar-refractivity contribution >= 4 is 0 Å². The topological polar surface area (TPSA) is 20.2 Å². The van der Waals surface area contributed by atoms with Gasteiger partial charge in [0.25, 0.3) is 0 Å². The summed E-state index contributed by atoms with van der Waals surface area (Å²) >= 11 is 0. The minimum absolute atomic E-state index is 0.457. The van der Waals surface area contributed by atoms with Crippen LogP contribution in [0.3, 0.4) is 0 Å². The molecule has 0 aliphatic heterocycles. The molecule has 0 atom stereocenters. The summed E-state index contributed by atoms with van der Waals surface area (Å²) in [5.41, 5.74) is 3.26. The van der Waals surface area contributed by atoms with Gasteiger partial charge in [-0.1, -0.05) is 48.6 Å². The van der Waals surface area contributed by atoms with Gasteiger partial charge in [-0.3, -0.25) is 0 Å². The van der Waals surface area contributed by atoms with Gasteiger partial charge in [0, 0.05) is 5.56 Å². The highest BCUT2D eigenvalue weighted by atomic mass is 16.3. The molecule has 1 N–H and O–H groups in total. The lowest BCUT2D eigenvalue weighted by Gasteiger charge is -2.12. The molecular weight excluding hydrogens is 232 g/mol. The van der Waals surface area contributed by atoms with Crippen molar-refractivity contribution < 1.29 is 5.11 Å². The fraction of sp³-hybridized carbons (Fsp3) is 0.333. The van der Waals surface area contributed by atoms with Crippen LogP contribution in [0.2, 0.25) is 0 Å². The Morgan fingerprint density at radius 3 is 1.84 bits per heavy atom. The molecular formula is C18H24O. The number of hydrogen-bond acceptors (Lipinski definition) is 1. The Morgan fingerprint density at radius 2 is 1.26 bits per heavy atom. The third-order valence-corrected chi connectivity index (χ3v) is 3.17. The van der Waals surface area contributed by atoms with Gasteiger partial charge in [0.2, 0.25) is 0 Å². The molecule has 1 rings (SSSR count). The van der Waals surface area contributed by atoms with E-state index >= 15 is 0 Å². The normalized spacial score (nSPS) is 12.2. The average molecular weight is 256 g/mol. The number of phenols is 1. The van der Waals surface area contributed by atoms with Crippen LogP contribution in [-0.2, 0) is 19.3 Å². The molecule has 0 aromatic heterocycles. The summed E-state index contributed by atoms with van der Waals surface area (Å²) in [5.74, 6) is 0.457. The lowest BCUT2D eigenvalue weighted by molar-refractivity contribution is 0.463. The molecule has 0 heterocycles. The SMILES string of the molecule is C/C=C/Cc1ccc(C/C=C/C)c(C/C=C/C)c1O. The largest absolute Gasteiger partial charge is 0.507 e. The second kappa shape index (κ2) is 8.36. The van der Waals surface area contributed by atoms with Crippen LogP contribution in [0.5, 0.6) is 5.75 Å². The summed E-state index contributed by atoms with van der Waals surface area (Å²) in [6, 6.07) is 4.17. The fourth-order valence-electron chi connectivity index (χ4n) is 2.04. The Morgan fingerprint density at radius 1 is 0.789 bits per heavy atom. The third-order valence-electron chi connectivity index (χ3n) is 3.17. The Balaban J connectivity index is 3.14. The van der Waals surface area contributed by atoms with Crippen molar-refractivity contribution in [1.82, 2.24) is 0 Å². The lowest BCUT2D eigenvalue weighted by Crippen LogP contribution is -1.96. The van der Waals surface area contributed by atoms with E-state index in [1.165, 1.54) is 5.56 Å². The number of hydrogen-bond donors (Lipinski definition) is 1. The number of rotatable bonds is 6. The Bertz CT molecular complexity index is 479. The lowest BCUT2D eigenvalue weighted by atomic mass is 9.95. The van der Waals surface area contributed by atoms with Crippen LogP contribution in [-0.4, -0.2) is 5.11 Å². The zero-order valence-corrected chi connectivity index (χ0v) is 12.2. The summed E-state index contributed by atoms with van der Waals surface area (Å²) in [5, 5.41) is 10.4. The van der Waals surface area contributed by atoms with Crippen LogP contribution >= 0.6 is 0 Å². The number of benzene rings is 1. The smallest absolute Gasteiger partial charge is 0.122 e. The van der Waals surface area contributed by atoms with Crippen molar-refractivity contribution in [2.24, 2.45) is 0 Å². The van der Waals surface area contributed by atoms with Gasteiger partial charge in [0.05, 0.1) is 0 Å². The Hall–Kier alpha value is -1.76. The van der Waals surface area contributed by atoms with Crippen molar-refractivity contribution in [2.75, 3.05) is 0 Å². The van der Waals surface area contributed by atoms with Gasteiger partial charge in [-0.2, -0.15) is 0 Å². The van der Waals surface area contributed by atoms with Crippen molar-refractivity contribution in [2.45, 2.75) is 40.0 Å². The maximum absolute atomic E-state index is 10.4. The average Bonchev–Trinajstić information content (AvgIpc) is 2.43. The highest BCUT2D eigenvalue weighted by Gasteiger charge is 2.10. The molecule has 1 aromatic rings. The zero-order valence-electron chi connectivity index (χ0n) is 12.2. The monoisotopic (exact) mass is 256 g/mol. The summed E-state index contributed by atoms with van der Waals surface area (Å²) in [7, 11) is 0. The van der Waals surface area contributed by atoms with Gasteiger partial charge in [-0.25, -0.2) is 0 Å². The van der Waals surface area contributed by atoms with Gasteiger partial charge < -0.3 is 5.11 Å². The van der Waals surface area contributed by atoms with Crippen LogP contribution in [0.25, 0.3) is 0 Å². The molecule has 1 nitrogen and oxygen atoms in total. The molecule has 0 spiro atoms. The van der Waals surface area contributed by atoms with E-state index < -0.39 is 0 Å². The first-order chi connectivity index (χ1) is 9.24. The molecule has 102 valence electrons. The summed E-state index contributed by atoms with van der Waals surface area (Å²) in [6.07, 6.45) is 14.8. The molecule has 0 fully saturated rings. The van der Waals surface area contributed by atoms with Crippen LogP contribution in [0.4, 0.5) is 0 Å². The van der Waals surface area contributed by atoms with Crippen LogP contribution < -0.4 is 0 Å². The van der Waals surface area contributed by atoms with E-state index in [1.807, 2.05) is 45.1 Å². The predicted molar refractivity (Wildman–Crippen MR) is 83.7 cm³/mol. The number of allylic oxidation sites excluding steroid dienone is 6. The van der Waals surface area contributed by atoms with Gasteiger partial charge in [-0.15, -0.1) is 0 Å². The van der Waals surface area contributed by atoms with E-state index in [2.05, 4.69) is 24.3 Å². The molecule has 0 aliphatic rings. The van der Waals surface area contributed by atoms with Crippen LogP contribution in [0.15, 0.2) is 48.6 Å². The van der Waals surface area contributed by atoms with Crippen molar-refractivity contribution in [3.8, 4) is 5.75 Å². The molecule has 0 radical (unpaired) electrons. The molecule has 19 heavy (non-hydrogen) atoms. The van der Waals surface area contributed by atoms with Gasteiger partial charge in [0.1, 0.15) is 5.75 Å². The quantitative estimate of drug-likeness (QED) is 0.728. The van der Waals surface area contributed by atoms with Gasteiger partial charge in [0.15, 0.2) is 0 Å². The van der Waals surface area contributed by atoms with E-state index in [0.717, 1.165) is 30.4 Å². The van der Waals surface area contributed by atoms with Crippen LogP contribution in [0, 0.1) is 0 Å². The van der Waals surface area contributed by atoms with Crippen molar-refractivity contribution in [1.29, 1.82) is 0 Å². The summed E-state index contributed by atoms with van der Waals surface area (Å²) in [6.45, 7) is 6.02. The van der Waals surface area contributed by atoms with Gasteiger partial charge >= 0.3 is 0 Å². The zero-order chi connectivity index (χ0) is 14.1.